The quantitative estimate of drug-likeness (QED) is 0.817. The van der Waals surface area contributed by atoms with Crippen LogP contribution in [0.5, 0.6) is 0 Å². The molecule has 1 aromatic rings. The molecular weight excluding hydrogens is 232 g/mol. The number of carbonyl (C=O) groups is 2. The Morgan fingerprint density at radius 2 is 2.00 bits per heavy atom. The van der Waals surface area contributed by atoms with E-state index in [1.54, 1.807) is 26.2 Å². The van der Waals surface area contributed by atoms with Crippen molar-refractivity contribution in [1.29, 1.82) is 0 Å². The van der Waals surface area contributed by atoms with E-state index < -0.39 is 6.09 Å². The smallest absolute Gasteiger partial charge is 0.407 e. The normalized spacial score (nSPS) is 14.0. The van der Waals surface area contributed by atoms with Gasteiger partial charge in [0.05, 0.1) is 0 Å². The van der Waals surface area contributed by atoms with Crippen molar-refractivity contribution in [2.75, 3.05) is 20.6 Å². The Kier molecular flexibility index (Phi) is 3.23. The molecule has 0 bridgehead atoms. The monoisotopic (exact) mass is 248 g/mol. The predicted molar refractivity (Wildman–Crippen MR) is 66.6 cm³/mol. The van der Waals surface area contributed by atoms with Crippen LogP contribution in [0.25, 0.3) is 0 Å². The van der Waals surface area contributed by atoms with Gasteiger partial charge in [-0.15, -0.1) is 0 Å². The fourth-order valence-corrected chi connectivity index (χ4v) is 2.11. The first-order valence-electron chi connectivity index (χ1n) is 5.80. The number of nitrogens with zero attached hydrogens (tertiary/aromatic N) is 2. The minimum Gasteiger partial charge on any atom is -0.465 e. The van der Waals surface area contributed by atoms with Crippen molar-refractivity contribution >= 4 is 12.0 Å². The predicted octanol–water partition coefficient (Wildman–Crippen LogP) is 1.42. The molecule has 0 radical (unpaired) electrons. The van der Waals surface area contributed by atoms with Gasteiger partial charge < -0.3 is 14.9 Å². The first-order valence-corrected chi connectivity index (χ1v) is 5.80. The third kappa shape index (κ3) is 2.30. The highest BCUT2D eigenvalue weighted by atomic mass is 16.4. The molecule has 0 aromatic heterocycles. The Bertz CT molecular complexity index is 497. The Labute approximate surface area is 106 Å². The van der Waals surface area contributed by atoms with Crippen molar-refractivity contribution in [3.8, 4) is 0 Å². The third-order valence-corrected chi connectivity index (χ3v) is 3.14. The van der Waals surface area contributed by atoms with E-state index in [1.807, 2.05) is 6.07 Å². The van der Waals surface area contributed by atoms with Gasteiger partial charge in [0.15, 0.2) is 0 Å². The Hall–Kier alpha value is -2.04. The van der Waals surface area contributed by atoms with Gasteiger partial charge in [-0.3, -0.25) is 4.79 Å². The Morgan fingerprint density at radius 3 is 2.61 bits per heavy atom. The molecular formula is C13H16N2O3. The molecule has 1 aliphatic rings. The number of carbonyl (C=O) groups excluding carboxylic acids is 1. The number of carboxylic acid groups (broad SMARTS) is 1. The molecule has 0 saturated heterocycles. The summed E-state index contributed by atoms with van der Waals surface area (Å²) < 4.78 is 0. The van der Waals surface area contributed by atoms with E-state index in [2.05, 4.69) is 0 Å². The second-order valence-corrected chi connectivity index (χ2v) is 4.64. The summed E-state index contributed by atoms with van der Waals surface area (Å²) in [4.78, 5) is 25.7. The SMILES string of the molecule is CN(C)C(=O)c1ccc2c(c1)CN(C(=O)O)CC2. The number of hydrogen-bond acceptors (Lipinski definition) is 2. The molecule has 5 nitrogen and oxygen atoms in total. The zero-order valence-corrected chi connectivity index (χ0v) is 10.5. The summed E-state index contributed by atoms with van der Waals surface area (Å²) in [7, 11) is 3.40. The molecule has 1 aliphatic heterocycles. The van der Waals surface area contributed by atoms with Crippen LogP contribution in [0, 0.1) is 0 Å². The van der Waals surface area contributed by atoms with E-state index in [0.717, 1.165) is 11.1 Å². The summed E-state index contributed by atoms with van der Waals surface area (Å²) in [6.45, 7) is 0.878. The van der Waals surface area contributed by atoms with Gasteiger partial charge in [0.1, 0.15) is 0 Å². The van der Waals surface area contributed by atoms with Crippen LogP contribution < -0.4 is 0 Å². The maximum atomic E-state index is 11.8. The lowest BCUT2D eigenvalue weighted by Gasteiger charge is -2.26. The van der Waals surface area contributed by atoms with Gasteiger partial charge in [0.2, 0.25) is 0 Å². The van der Waals surface area contributed by atoms with Crippen molar-refractivity contribution in [2.45, 2.75) is 13.0 Å². The van der Waals surface area contributed by atoms with Crippen LogP contribution in [-0.2, 0) is 13.0 Å². The molecule has 96 valence electrons. The fraction of sp³-hybridized carbons (Fsp3) is 0.385. The molecule has 1 aromatic carbocycles. The minimum absolute atomic E-state index is 0.0646. The zero-order chi connectivity index (χ0) is 13.3. The fourth-order valence-electron chi connectivity index (χ4n) is 2.11. The minimum atomic E-state index is -0.912. The van der Waals surface area contributed by atoms with Crippen LogP contribution in [0.15, 0.2) is 18.2 Å². The van der Waals surface area contributed by atoms with E-state index in [4.69, 9.17) is 5.11 Å². The number of fused-ring (bicyclic) bond motifs is 1. The van der Waals surface area contributed by atoms with Gasteiger partial charge in [-0.05, 0) is 29.7 Å². The lowest BCUT2D eigenvalue weighted by Crippen LogP contribution is -2.35. The van der Waals surface area contributed by atoms with Crippen LogP contribution in [0.1, 0.15) is 21.5 Å². The van der Waals surface area contributed by atoms with Crippen LogP contribution in [-0.4, -0.2) is 47.5 Å². The second kappa shape index (κ2) is 4.68. The molecule has 0 unspecified atom stereocenters. The molecule has 0 aliphatic carbocycles. The molecule has 2 rings (SSSR count). The number of benzene rings is 1. The Balaban J connectivity index is 2.29. The van der Waals surface area contributed by atoms with Gasteiger partial charge in [-0.1, -0.05) is 6.07 Å². The van der Waals surface area contributed by atoms with E-state index >= 15 is 0 Å². The number of rotatable bonds is 1. The summed E-state index contributed by atoms with van der Waals surface area (Å²) >= 11 is 0. The molecule has 0 fully saturated rings. The van der Waals surface area contributed by atoms with Crippen molar-refractivity contribution in [1.82, 2.24) is 9.80 Å². The lowest BCUT2D eigenvalue weighted by molar-refractivity contribution is 0.0827. The van der Waals surface area contributed by atoms with Crippen LogP contribution >= 0.6 is 0 Å². The van der Waals surface area contributed by atoms with Gasteiger partial charge >= 0.3 is 6.09 Å². The summed E-state index contributed by atoms with van der Waals surface area (Å²) in [6.07, 6.45) is -0.206. The first kappa shape index (κ1) is 12.4. The highest BCUT2D eigenvalue weighted by Crippen LogP contribution is 2.21. The summed E-state index contributed by atoms with van der Waals surface area (Å²) in [5.74, 6) is -0.0646. The lowest BCUT2D eigenvalue weighted by atomic mass is 9.97. The molecule has 18 heavy (non-hydrogen) atoms. The first-order chi connectivity index (χ1) is 8.49. The highest BCUT2D eigenvalue weighted by Gasteiger charge is 2.21. The largest absolute Gasteiger partial charge is 0.465 e. The van der Waals surface area contributed by atoms with Crippen LogP contribution in [0.2, 0.25) is 0 Å². The van der Waals surface area contributed by atoms with Gasteiger partial charge in [-0.2, -0.15) is 0 Å². The maximum absolute atomic E-state index is 11.8. The molecule has 0 atom stereocenters. The van der Waals surface area contributed by atoms with Crippen molar-refractivity contribution in [2.24, 2.45) is 0 Å². The average Bonchev–Trinajstić information content (AvgIpc) is 2.36. The van der Waals surface area contributed by atoms with Gasteiger partial charge in [0.25, 0.3) is 5.91 Å². The average molecular weight is 248 g/mol. The summed E-state index contributed by atoms with van der Waals surface area (Å²) in [5, 5.41) is 8.98. The maximum Gasteiger partial charge on any atom is 0.407 e. The second-order valence-electron chi connectivity index (χ2n) is 4.64. The molecule has 5 heteroatoms. The Morgan fingerprint density at radius 1 is 1.28 bits per heavy atom. The van der Waals surface area contributed by atoms with Crippen LogP contribution in [0.3, 0.4) is 0 Å². The number of hydrogen-bond donors (Lipinski definition) is 1. The van der Waals surface area contributed by atoms with Gasteiger partial charge in [0, 0.05) is 32.7 Å². The molecule has 0 spiro atoms. The standard InChI is InChI=1S/C13H16N2O3/c1-14(2)12(16)10-4-3-9-5-6-15(13(17)18)8-11(9)7-10/h3-4,7H,5-6,8H2,1-2H3,(H,17,18). The van der Waals surface area contributed by atoms with E-state index in [-0.39, 0.29) is 5.91 Å². The van der Waals surface area contributed by atoms with E-state index in [1.165, 1.54) is 9.80 Å². The molecule has 1 N–H and O–H groups in total. The van der Waals surface area contributed by atoms with E-state index in [9.17, 15) is 9.59 Å². The zero-order valence-electron chi connectivity index (χ0n) is 10.5. The molecule has 2 amide bonds. The summed E-state index contributed by atoms with van der Waals surface area (Å²) in [5.41, 5.74) is 2.66. The van der Waals surface area contributed by atoms with Crippen molar-refractivity contribution in [3.63, 3.8) is 0 Å². The van der Waals surface area contributed by atoms with Gasteiger partial charge in [-0.25, -0.2) is 4.79 Å². The molecule has 0 saturated carbocycles. The number of amides is 2. The topological polar surface area (TPSA) is 60.9 Å². The highest BCUT2D eigenvalue weighted by molar-refractivity contribution is 5.94. The summed E-state index contributed by atoms with van der Waals surface area (Å²) in [6, 6.07) is 5.52. The van der Waals surface area contributed by atoms with Crippen LogP contribution in [0.4, 0.5) is 4.79 Å². The van der Waals surface area contributed by atoms with E-state index in [0.29, 0.717) is 25.1 Å². The van der Waals surface area contributed by atoms with Crippen molar-refractivity contribution in [3.05, 3.63) is 34.9 Å². The van der Waals surface area contributed by atoms with Crippen molar-refractivity contribution < 1.29 is 14.7 Å². The third-order valence-electron chi connectivity index (χ3n) is 3.14. The molecule has 1 heterocycles.